The number of carbonyl (C=O) groups is 1. The number of methoxy groups -OCH3 is 3. The molecule has 0 atom stereocenters. The van der Waals surface area contributed by atoms with E-state index < -0.39 is 0 Å². The number of nitrogens with zero attached hydrogens (tertiary/aromatic N) is 2. The Kier molecular flexibility index (Phi) is 5.84. The van der Waals surface area contributed by atoms with Crippen molar-refractivity contribution in [3.05, 3.63) is 34.5 Å². The van der Waals surface area contributed by atoms with Crippen LogP contribution in [0.3, 0.4) is 0 Å². The maximum atomic E-state index is 12.8. The summed E-state index contributed by atoms with van der Waals surface area (Å²) in [6.07, 6.45) is 0.669. The van der Waals surface area contributed by atoms with Gasteiger partial charge in [-0.1, -0.05) is 12.1 Å². The van der Waals surface area contributed by atoms with Crippen LogP contribution in [0.2, 0.25) is 0 Å². The van der Waals surface area contributed by atoms with Gasteiger partial charge in [0.2, 0.25) is 17.5 Å². The van der Waals surface area contributed by atoms with Crippen LogP contribution in [0.5, 0.6) is 17.2 Å². The largest absolute Gasteiger partial charge is 0.493 e. The molecule has 2 heterocycles. The maximum Gasteiger partial charge on any atom is 0.255 e. The topological polar surface area (TPSA) is 95.7 Å². The van der Waals surface area contributed by atoms with Crippen molar-refractivity contribution in [1.29, 1.82) is 0 Å². The van der Waals surface area contributed by atoms with Crippen LogP contribution in [-0.2, 0) is 6.42 Å². The first-order valence-electron chi connectivity index (χ1n) is 8.55. The molecule has 0 saturated heterocycles. The number of thiophene rings is 1. The quantitative estimate of drug-likeness (QED) is 0.638. The Morgan fingerprint density at radius 3 is 2.36 bits per heavy atom. The van der Waals surface area contributed by atoms with Gasteiger partial charge in [0.15, 0.2) is 11.5 Å². The highest BCUT2D eigenvalue weighted by molar-refractivity contribution is 7.16. The van der Waals surface area contributed by atoms with E-state index in [1.165, 1.54) is 32.7 Å². The highest BCUT2D eigenvalue weighted by Gasteiger charge is 2.19. The third-order valence-electron chi connectivity index (χ3n) is 4.08. The third kappa shape index (κ3) is 3.79. The molecular formula is C19H21N3O5S. The Hall–Kier alpha value is -3.07. The number of aromatic nitrogens is 2. The summed E-state index contributed by atoms with van der Waals surface area (Å²) >= 11 is 1.48. The summed E-state index contributed by atoms with van der Waals surface area (Å²) in [7, 11) is 4.52. The van der Waals surface area contributed by atoms with E-state index in [1.807, 2.05) is 19.9 Å². The monoisotopic (exact) mass is 403 g/mol. The molecule has 8 nitrogen and oxygen atoms in total. The molecule has 3 aromatic rings. The second-order valence-electron chi connectivity index (χ2n) is 5.81. The van der Waals surface area contributed by atoms with Gasteiger partial charge in [0.05, 0.1) is 31.9 Å². The molecule has 28 heavy (non-hydrogen) atoms. The summed E-state index contributed by atoms with van der Waals surface area (Å²) < 4.78 is 21.1. The summed E-state index contributed by atoms with van der Waals surface area (Å²) in [4.78, 5) is 18.9. The minimum absolute atomic E-state index is 0.297. The van der Waals surface area contributed by atoms with Crippen LogP contribution in [0.1, 0.15) is 28.0 Å². The summed E-state index contributed by atoms with van der Waals surface area (Å²) in [5.41, 5.74) is 1.07. The smallest absolute Gasteiger partial charge is 0.255 e. The van der Waals surface area contributed by atoms with E-state index in [-0.39, 0.29) is 5.91 Å². The SMILES string of the molecule is CCc1nc(-c2cc(NC(=O)c3cc(OC)c(OC)c(OC)c3)c(C)s2)no1. The average molecular weight is 403 g/mol. The van der Waals surface area contributed by atoms with Gasteiger partial charge < -0.3 is 24.1 Å². The van der Waals surface area contributed by atoms with Crippen molar-refractivity contribution >= 4 is 22.9 Å². The zero-order chi connectivity index (χ0) is 20.3. The van der Waals surface area contributed by atoms with E-state index >= 15 is 0 Å². The first-order valence-corrected chi connectivity index (χ1v) is 9.37. The first kappa shape index (κ1) is 19.7. The lowest BCUT2D eigenvalue weighted by atomic mass is 10.1. The molecule has 1 N–H and O–H groups in total. The number of hydrogen-bond donors (Lipinski definition) is 1. The molecule has 9 heteroatoms. The Labute approximate surface area is 166 Å². The molecule has 0 unspecified atom stereocenters. The molecule has 0 saturated carbocycles. The number of ether oxygens (including phenoxy) is 3. The maximum absolute atomic E-state index is 12.8. The van der Waals surface area contributed by atoms with E-state index in [2.05, 4.69) is 15.5 Å². The van der Waals surface area contributed by atoms with Crippen molar-refractivity contribution in [3.8, 4) is 28.0 Å². The number of anilines is 1. The van der Waals surface area contributed by atoms with Gasteiger partial charge in [-0.2, -0.15) is 4.98 Å². The van der Waals surface area contributed by atoms with Crippen molar-refractivity contribution in [2.45, 2.75) is 20.3 Å². The summed E-state index contributed by atoms with van der Waals surface area (Å²) in [6.45, 7) is 3.86. The van der Waals surface area contributed by atoms with Crippen LogP contribution in [0.25, 0.3) is 10.7 Å². The minimum Gasteiger partial charge on any atom is -0.493 e. The molecule has 2 aromatic heterocycles. The second kappa shape index (κ2) is 8.30. The average Bonchev–Trinajstić information content (AvgIpc) is 3.33. The van der Waals surface area contributed by atoms with E-state index in [1.54, 1.807) is 12.1 Å². The summed E-state index contributed by atoms with van der Waals surface area (Å²) in [5.74, 6) is 2.04. The molecule has 0 aliphatic rings. The van der Waals surface area contributed by atoms with E-state index in [4.69, 9.17) is 18.7 Å². The molecule has 0 radical (unpaired) electrons. The normalized spacial score (nSPS) is 10.6. The zero-order valence-electron chi connectivity index (χ0n) is 16.3. The van der Waals surface area contributed by atoms with Crippen LogP contribution in [0.4, 0.5) is 5.69 Å². The number of amides is 1. The summed E-state index contributed by atoms with van der Waals surface area (Å²) in [5, 5.41) is 6.89. The molecule has 0 fully saturated rings. The fraction of sp³-hybridized carbons (Fsp3) is 0.316. The molecule has 0 aliphatic heterocycles. The van der Waals surface area contributed by atoms with Crippen LogP contribution < -0.4 is 19.5 Å². The van der Waals surface area contributed by atoms with Crippen LogP contribution in [-0.4, -0.2) is 37.4 Å². The number of benzene rings is 1. The van der Waals surface area contributed by atoms with E-state index in [9.17, 15) is 4.79 Å². The van der Waals surface area contributed by atoms with E-state index in [0.29, 0.717) is 46.6 Å². The molecule has 1 amide bonds. The van der Waals surface area contributed by atoms with Gasteiger partial charge in [0, 0.05) is 16.9 Å². The van der Waals surface area contributed by atoms with Gasteiger partial charge >= 0.3 is 0 Å². The standard InChI is InChI=1S/C19H21N3O5S/c1-6-16-21-18(22-27-16)15-9-12(10(2)28-15)20-19(23)11-7-13(24-3)17(26-5)14(8-11)25-4/h7-9H,6H2,1-5H3,(H,20,23). The fourth-order valence-corrected chi connectivity index (χ4v) is 3.52. The van der Waals surface area contributed by atoms with Crippen molar-refractivity contribution in [2.75, 3.05) is 26.6 Å². The van der Waals surface area contributed by atoms with Crippen molar-refractivity contribution in [2.24, 2.45) is 0 Å². The highest BCUT2D eigenvalue weighted by atomic mass is 32.1. The molecule has 148 valence electrons. The molecule has 1 aromatic carbocycles. The fourth-order valence-electron chi connectivity index (χ4n) is 2.62. The number of hydrogen-bond acceptors (Lipinski definition) is 8. The predicted molar refractivity (Wildman–Crippen MR) is 106 cm³/mol. The van der Waals surface area contributed by atoms with Gasteiger partial charge in [-0.05, 0) is 25.1 Å². The van der Waals surface area contributed by atoms with Crippen LogP contribution >= 0.6 is 11.3 Å². The van der Waals surface area contributed by atoms with Crippen LogP contribution in [0.15, 0.2) is 22.7 Å². The van der Waals surface area contributed by atoms with Crippen molar-refractivity contribution in [1.82, 2.24) is 10.1 Å². The third-order valence-corrected chi connectivity index (χ3v) is 5.13. The number of rotatable bonds is 7. The van der Waals surface area contributed by atoms with Crippen molar-refractivity contribution < 1.29 is 23.5 Å². The van der Waals surface area contributed by atoms with Gasteiger partial charge in [0.1, 0.15) is 0 Å². The molecular weight excluding hydrogens is 382 g/mol. The molecule has 0 bridgehead atoms. The number of nitrogens with one attached hydrogen (secondary N) is 1. The van der Waals surface area contributed by atoms with Crippen molar-refractivity contribution in [3.63, 3.8) is 0 Å². The van der Waals surface area contributed by atoms with Crippen LogP contribution in [0, 0.1) is 6.92 Å². The Morgan fingerprint density at radius 2 is 1.82 bits per heavy atom. The minimum atomic E-state index is -0.297. The van der Waals surface area contributed by atoms with Gasteiger partial charge in [-0.3, -0.25) is 4.79 Å². The van der Waals surface area contributed by atoms with E-state index in [0.717, 1.165) is 9.75 Å². The second-order valence-corrected chi connectivity index (χ2v) is 7.07. The van der Waals surface area contributed by atoms with Gasteiger partial charge in [-0.15, -0.1) is 11.3 Å². The predicted octanol–water partition coefficient (Wildman–Crippen LogP) is 3.95. The lowest BCUT2D eigenvalue weighted by Gasteiger charge is -2.14. The Balaban J connectivity index is 1.87. The Bertz CT molecular complexity index is 970. The first-order chi connectivity index (χ1) is 13.5. The number of carbonyl (C=O) groups excluding carboxylic acids is 1. The highest BCUT2D eigenvalue weighted by Crippen LogP contribution is 2.39. The summed E-state index contributed by atoms with van der Waals surface area (Å²) in [6, 6.07) is 5.04. The van der Waals surface area contributed by atoms with Gasteiger partial charge in [-0.25, -0.2) is 0 Å². The lowest BCUT2D eigenvalue weighted by molar-refractivity contribution is 0.102. The molecule has 3 rings (SSSR count). The Morgan fingerprint density at radius 1 is 1.14 bits per heavy atom. The number of aryl methyl sites for hydroxylation is 2. The molecule has 0 spiro atoms. The molecule has 0 aliphatic carbocycles. The lowest BCUT2D eigenvalue weighted by Crippen LogP contribution is -2.12. The zero-order valence-corrected chi connectivity index (χ0v) is 17.1. The van der Waals surface area contributed by atoms with Gasteiger partial charge in [0.25, 0.3) is 5.91 Å².